The SMILES string of the molecule is Nc1ccc(NC2CCS(=O)(=O)C2)c([N+](=O)[O-])c1. The fourth-order valence-corrected chi connectivity index (χ4v) is 3.62. The predicted octanol–water partition coefficient (Wildman–Crippen LogP) is 0.776. The lowest BCUT2D eigenvalue weighted by atomic mass is 10.2. The van der Waals surface area contributed by atoms with Crippen molar-refractivity contribution in [2.45, 2.75) is 12.5 Å². The first kappa shape index (κ1) is 12.6. The van der Waals surface area contributed by atoms with Crippen LogP contribution in [-0.2, 0) is 9.84 Å². The maximum Gasteiger partial charge on any atom is 0.294 e. The molecule has 0 spiro atoms. The van der Waals surface area contributed by atoms with Crippen LogP contribution in [0.1, 0.15) is 6.42 Å². The van der Waals surface area contributed by atoms with Crippen LogP contribution in [0.3, 0.4) is 0 Å². The second-order valence-corrected chi connectivity index (χ2v) is 6.51. The third kappa shape index (κ3) is 2.70. The summed E-state index contributed by atoms with van der Waals surface area (Å²) >= 11 is 0. The average Bonchev–Trinajstić information content (AvgIpc) is 2.60. The molecule has 2 rings (SSSR count). The van der Waals surface area contributed by atoms with Gasteiger partial charge in [-0.25, -0.2) is 8.42 Å². The van der Waals surface area contributed by atoms with Gasteiger partial charge in [0.2, 0.25) is 0 Å². The molecule has 1 aliphatic rings. The Bertz CT molecular complexity index is 585. The first-order chi connectivity index (χ1) is 8.37. The van der Waals surface area contributed by atoms with Crippen molar-refractivity contribution < 1.29 is 13.3 Å². The van der Waals surface area contributed by atoms with Gasteiger partial charge in [0.1, 0.15) is 5.69 Å². The summed E-state index contributed by atoms with van der Waals surface area (Å²) in [6.07, 6.45) is 0.462. The summed E-state index contributed by atoms with van der Waals surface area (Å²) in [5, 5.41) is 13.8. The molecule has 0 radical (unpaired) electrons. The van der Waals surface area contributed by atoms with Gasteiger partial charge in [-0.05, 0) is 18.6 Å². The molecule has 0 aromatic heterocycles. The number of sulfone groups is 1. The lowest BCUT2D eigenvalue weighted by Gasteiger charge is -2.12. The van der Waals surface area contributed by atoms with Crippen LogP contribution in [-0.4, -0.2) is 30.9 Å². The van der Waals surface area contributed by atoms with Crippen molar-refractivity contribution in [2.24, 2.45) is 0 Å². The van der Waals surface area contributed by atoms with E-state index in [0.717, 1.165) is 0 Å². The van der Waals surface area contributed by atoms with E-state index in [1.807, 2.05) is 0 Å². The lowest BCUT2D eigenvalue weighted by Crippen LogP contribution is -2.21. The highest BCUT2D eigenvalue weighted by Crippen LogP contribution is 2.28. The van der Waals surface area contributed by atoms with E-state index in [4.69, 9.17) is 5.73 Å². The van der Waals surface area contributed by atoms with Crippen molar-refractivity contribution in [1.29, 1.82) is 0 Å². The van der Waals surface area contributed by atoms with Crippen molar-refractivity contribution in [2.75, 3.05) is 22.6 Å². The number of nitrogens with zero attached hydrogens (tertiary/aromatic N) is 1. The number of nitrogens with two attached hydrogens (primary N) is 1. The van der Waals surface area contributed by atoms with Crippen LogP contribution in [0.4, 0.5) is 17.1 Å². The zero-order chi connectivity index (χ0) is 13.3. The minimum atomic E-state index is -3.01. The number of benzene rings is 1. The molecule has 1 atom stereocenters. The smallest absolute Gasteiger partial charge is 0.294 e. The van der Waals surface area contributed by atoms with Crippen molar-refractivity contribution in [3.05, 3.63) is 28.3 Å². The average molecular weight is 271 g/mol. The molecule has 1 unspecified atom stereocenters. The van der Waals surface area contributed by atoms with Crippen LogP contribution in [0.25, 0.3) is 0 Å². The summed E-state index contributed by atoms with van der Waals surface area (Å²) in [7, 11) is -3.01. The second kappa shape index (κ2) is 4.45. The van der Waals surface area contributed by atoms with Crippen molar-refractivity contribution in [1.82, 2.24) is 0 Å². The molecular formula is C10H13N3O4S. The number of rotatable bonds is 3. The Morgan fingerprint density at radius 2 is 2.17 bits per heavy atom. The highest BCUT2D eigenvalue weighted by atomic mass is 32.2. The van der Waals surface area contributed by atoms with E-state index in [0.29, 0.717) is 17.8 Å². The third-order valence-electron chi connectivity index (χ3n) is 2.81. The Labute approximate surface area is 104 Å². The van der Waals surface area contributed by atoms with E-state index in [1.165, 1.54) is 12.1 Å². The van der Waals surface area contributed by atoms with Crippen LogP contribution >= 0.6 is 0 Å². The number of nitro groups is 1. The zero-order valence-electron chi connectivity index (χ0n) is 9.50. The molecule has 0 saturated carbocycles. The van der Waals surface area contributed by atoms with Gasteiger partial charge in [-0.2, -0.15) is 0 Å². The van der Waals surface area contributed by atoms with Crippen LogP contribution in [0.5, 0.6) is 0 Å². The maximum atomic E-state index is 11.3. The second-order valence-electron chi connectivity index (χ2n) is 4.28. The molecule has 18 heavy (non-hydrogen) atoms. The highest BCUT2D eigenvalue weighted by Gasteiger charge is 2.29. The maximum absolute atomic E-state index is 11.3. The number of hydrogen-bond acceptors (Lipinski definition) is 6. The summed E-state index contributed by atoms with van der Waals surface area (Å²) in [6.45, 7) is 0. The molecule has 1 aromatic rings. The molecule has 1 heterocycles. The Kier molecular flexibility index (Phi) is 3.12. The molecule has 0 amide bonds. The Balaban J connectivity index is 2.22. The molecule has 3 N–H and O–H groups in total. The van der Waals surface area contributed by atoms with E-state index in [1.54, 1.807) is 6.07 Å². The molecule has 98 valence electrons. The van der Waals surface area contributed by atoms with Crippen molar-refractivity contribution >= 4 is 26.9 Å². The number of nitrogen functional groups attached to an aromatic ring is 1. The van der Waals surface area contributed by atoms with Crippen LogP contribution in [0, 0.1) is 10.1 Å². The number of nitrogens with one attached hydrogen (secondary N) is 1. The predicted molar refractivity (Wildman–Crippen MR) is 68.2 cm³/mol. The molecule has 0 bridgehead atoms. The monoisotopic (exact) mass is 271 g/mol. The largest absolute Gasteiger partial charge is 0.399 e. The summed E-state index contributed by atoms with van der Waals surface area (Å²) in [4.78, 5) is 10.3. The zero-order valence-corrected chi connectivity index (χ0v) is 10.3. The minimum absolute atomic E-state index is 0.00846. The first-order valence-corrected chi connectivity index (χ1v) is 7.20. The van der Waals surface area contributed by atoms with Gasteiger partial charge in [0.05, 0.1) is 16.4 Å². The molecule has 1 aromatic carbocycles. The van der Waals surface area contributed by atoms with Gasteiger partial charge in [-0.1, -0.05) is 0 Å². The summed E-state index contributed by atoms with van der Waals surface area (Å²) in [5.41, 5.74) is 5.95. The van der Waals surface area contributed by atoms with E-state index in [2.05, 4.69) is 5.32 Å². The molecule has 8 heteroatoms. The lowest BCUT2D eigenvalue weighted by molar-refractivity contribution is -0.383. The minimum Gasteiger partial charge on any atom is -0.399 e. The fourth-order valence-electron chi connectivity index (χ4n) is 1.95. The fraction of sp³-hybridized carbons (Fsp3) is 0.400. The Morgan fingerprint density at radius 3 is 2.72 bits per heavy atom. The first-order valence-electron chi connectivity index (χ1n) is 5.38. The number of nitro benzene ring substituents is 1. The summed E-state index contributed by atoms with van der Waals surface area (Å²) < 4.78 is 22.6. The van der Waals surface area contributed by atoms with Gasteiger partial charge in [-0.3, -0.25) is 10.1 Å². The standard InChI is InChI=1S/C10H13N3O4S/c11-7-1-2-9(10(5-7)13(14)15)12-8-3-4-18(16,17)6-8/h1-2,5,8,12H,3-4,6,11H2. The number of hydrogen-bond donors (Lipinski definition) is 2. The van der Waals surface area contributed by atoms with Gasteiger partial charge < -0.3 is 11.1 Å². The Hall–Kier alpha value is -1.83. The van der Waals surface area contributed by atoms with E-state index in [9.17, 15) is 18.5 Å². The van der Waals surface area contributed by atoms with E-state index < -0.39 is 14.8 Å². The molecule has 0 aliphatic carbocycles. The number of anilines is 2. The quantitative estimate of drug-likeness (QED) is 0.476. The topological polar surface area (TPSA) is 115 Å². The molecule has 1 aliphatic heterocycles. The van der Waals surface area contributed by atoms with Gasteiger partial charge >= 0.3 is 0 Å². The summed E-state index contributed by atoms with van der Waals surface area (Å²) in [5.74, 6) is 0.127. The van der Waals surface area contributed by atoms with Crippen molar-refractivity contribution in [3.8, 4) is 0 Å². The highest BCUT2D eigenvalue weighted by molar-refractivity contribution is 7.91. The third-order valence-corrected chi connectivity index (χ3v) is 4.58. The molecule has 1 saturated heterocycles. The molecular weight excluding hydrogens is 258 g/mol. The van der Waals surface area contributed by atoms with E-state index >= 15 is 0 Å². The van der Waals surface area contributed by atoms with Crippen LogP contribution < -0.4 is 11.1 Å². The van der Waals surface area contributed by atoms with Crippen LogP contribution in [0.2, 0.25) is 0 Å². The van der Waals surface area contributed by atoms with Gasteiger partial charge in [-0.15, -0.1) is 0 Å². The summed E-state index contributed by atoms with van der Waals surface area (Å²) in [6, 6.07) is 4.01. The normalized spacial score (nSPS) is 21.7. The van der Waals surface area contributed by atoms with Gasteiger partial charge in [0.25, 0.3) is 5.69 Å². The van der Waals surface area contributed by atoms with Crippen molar-refractivity contribution in [3.63, 3.8) is 0 Å². The molecule has 1 fully saturated rings. The Morgan fingerprint density at radius 1 is 1.44 bits per heavy atom. The van der Waals surface area contributed by atoms with E-state index in [-0.39, 0.29) is 23.2 Å². The van der Waals surface area contributed by atoms with Gasteiger partial charge in [0.15, 0.2) is 9.84 Å². The molecule has 7 nitrogen and oxygen atoms in total. The van der Waals surface area contributed by atoms with Gasteiger partial charge in [0, 0.05) is 17.8 Å². The van der Waals surface area contributed by atoms with Crippen LogP contribution in [0.15, 0.2) is 18.2 Å².